The maximum absolute atomic E-state index is 11.3. The summed E-state index contributed by atoms with van der Waals surface area (Å²) >= 11 is 0. The lowest BCUT2D eigenvalue weighted by Crippen LogP contribution is -2.42. The van der Waals surface area contributed by atoms with Crippen molar-refractivity contribution < 1.29 is 32.1 Å². The van der Waals surface area contributed by atoms with Gasteiger partial charge in [-0.1, -0.05) is 13.8 Å². The second kappa shape index (κ2) is 9.28. The van der Waals surface area contributed by atoms with Crippen molar-refractivity contribution in [2.75, 3.05) is 40.6 Å². The fourth-order valence-corrected chi connectivity index (χ4v) is 1.21. The predicted molar refractivity (Wildman–Crippen MR) is 74.9 cm³/mol. The van der Waals surface area contributed by atoms with E-state index in [1.807, 2.05) is 35.0 Å². The Balaban J connectivity index is 0. The normalized spacial score (nSPS) is 13.4. The molecule has 0 aliphatic heterocycles. The summed E-state index contributed by atoms with van der Waals surface area (Å²) in [6.07, 6.45) is 0.0690. The van der Waals surface area contributed by atoms with Gasteiger partial charge in [-0.25, -0.2) is 8.42 Å². The first kappa shape index (κ1) is 21.6. The average molecular weight is 313 g/mol. The third-order valence-corrected chi connectivity index (χ3v) is 1.74. The van der Waals surface area contributed by atoms with Crippen LogP contribution in [0.5, 0.6) is 0 Å². The van der Waals surface area contributed by atoms with Gasteiger partial charge in [0.25, 0.3) is 0 Å². The molecular formula is C12H27NO6S. The first-order valence-electron chi connectivity index (χ1n) is 6.25. The van der Waals surface area contributed by atoms with Crippen LogP contribution < -0.4 is 0 Å². The number of quaternary nitrogens is 1. The quantitative estimate of drug-likeness (QED) is 0.414. The van der Waals surface area contributed by atoms with Crippen LogP contribution in [0.3, 0.4) is 0 Å². The summed E-state index contributed by atoms with van der Waals surface area (Å²) in [5.74, 6) is 0.0224. The van der Waals surface area contributed by atoms with Gasteiger partial charge < -0.3 is 18.9 Å². The number of aliphatic hydroxyl groups is 1. The molecule has 1 unspecified atom stereocenters. The Morgan fingerprint density at radius 2 is 1.70 bits per heavy atom. The van der Waals surface area contributed by atoms with E-state index in [0.717, 1.165) is 0 Å². The van der Waals surface area contributed by atoms with Gasteiger partial charge in [0.05, 0.1) is 44.3 Å². The molecule has 0 amide bonds. The predicted octanol–water partition coefficient (Wildman–Crippen LogP) is -0.196. The van der Waals surface area contributed by atoms with Crippen molar-refractivity contribution in [2.24, 2.45) is 5.92 Å². The van der Waals surface area contributed by atoms with Crippen molar-refractivity contribution in [1.29, 1.82) is 0 Å². The first-order valence-corrected chi connectivity index (χ1v) is 8.07. The van der Waals surface area contributed by atoms with Gasteiger partial charge in [0.15, 0.2) is 0 Å². The number of nitrogens with zero attached hydrogens (tertiary/aromatic N) is 1. The molecular weight excluding hydrogens is 286 g/mol. The van der Waals surface area contributed by atoms with Gasteiger partial charge in [-0.05, 0) is 5.92 Å². The Labute approximate surface area is 121 Å². The maximum Gasteiger partial charge on any atom is 0.308 e. The number of carbonyl (C=O) groups excluding carboxylic acids is 1. The lowest BCUT2D eigenvalue weighted by Gasteiger charge is -2.26. The van der Waals surface area contributed by atoms with Crippen LogP contribution >= 0.6 is 0 Å². The molecule has 0 saturated heterocycles. The lowest BCUT2D eigenvalue weighted by atomic mass is 10.2. The molecule has 20 heavy (non-hydrogen) atoms. The zero-order chi connectivity index (χ0) is 16.6. The number of ether oxygens (including phenoxy) is 1. The van der Waals surface area contributed by atoms with Crippen molar-refractivity contribution in [3.63, 3.8) is 0 Å². The molecule has 0 saturated carbocycles. The fraction of sp³-hybridized carbons (Fsp3) is 0.917. The molecule has 0 aromatic carbocycles. The van der Waals surface area contributed by atoms with Gasteiger partial charge in [-0.2, -0.15) is 0 Å². The molecule has 0 fully saturated rings. The highest BCUT2D eigenvalue weighted by Crippen LogP contribution is 2.02. The average Bonchev–Trinajstić information content (AvgIpc) is 2.08. The molecule has 0 aliphatic rings. The van der Waals surface area contributed by atoms with E-state index in [0.29, 0.717) is 29.8 Å². The van der Waals surface area contributed by atoms with Gasteiger partial charge >= 0.3 is 5.97 Å². The zero-order valence-corrected chi connectivity index (χ0v) is 13.9. The lowest BCUT2D eigenvalue weighted by molar-refractivity contribution is -0.873. The summed E-state index contributed by atoms with van der Waals surface area (Å²) in [6.45, 7) is 4.94. The highest BCUT2D eigenvalue weighted by atomic mass is 32.2. The maximum atomic E-state index is 11.3. The standard InChI is InChI=1S/C11H24NO3.CH4O3S/c1-9(2)8-15-11(14)6-10(13)7-12(3,4)5;1-5(2,3)4/h9-10,13H,6-8H2,1-5H3;1H3,(H,2,3,4)/q+1;/p-1. The summed E-state index contributed by atoms with van der Waals surface area (Å²) in [4.78, 5) is 11.3. The Hall–Kier alpha value is -0.700. The van der Waals surface area contributed by atoms with Crippen molar-refractivity contribution in [3.8, 4) is 0 Å². The Morgan fingerprint density at radius 3 is 2.00 bits per heavy atom. The molecule has 0 aromatic heterocycles. The van der Waals surface area contributed by atoms with Crippen LogP contribution in [0, 0.1) is 5.92 Å². The molecule has 1 atom stereocenters. The molecule has 8 heteroatoms. The van der Waals surface area contributed by atoms with E-state index in [-0.39, 0.29) is 12.4 Å². The fourth-order valence-electron chi connectivity index (χ4n) is 1.21. The Kier molecular flexibility index (Phi) is 10.0. The third-order valence-electron chi connectivity index (χ3n) is 1.74. The van der Waals surface area contributed by atoms with Crippen LogP contribution in [-0.2, 0) is 19.6 Å². The van der Waals surface area contributed by atoms with Gasteiger partial charge in [-0.3, -0.25) is 4.79 Å². The Morgan fingerprint density at radius 1 is 1.30 bits per heavy atom. The third kappa shape index (κ3) is 26.0. The number of aliphatic hydroxyl groups excluding tert-OH is 1. The Bertz CT molecular complexity index is 364. The van der Waals surface area contributed by atoms with Crippen LogP contribution in [0.2, 0.25) is 0 Å². The van der Waals surface area contributed by atoms with E-state index in [9.17, 15) is 9.90 Å². The van der Waals surface area contributed by atoms with E-state index in [2.05, 4.69) is 0 Å². The SMILES string of the molecule is CC(C)COC(=O)CC(O)C[N+](C)(C)C.CS(=O)(=O)[O-]. The minimum absolute atomic E-state index is 0.0856. The molecule has 122 valence electrons. The number of rotatable bonds is 6. The minimum Gasteiger partial charge on any atom is -0.748 e. The number of hydrogen-bond donors (Lipinski definition) is 1. The summed E-state index contributed by atoms with van der Waals surface area (Å²) in [5.41, 5.74) is 0. The zero-order valence-electron chi connectivity index (χ0n) is 13.1. The molecule has 0 radical (unpaired) electrons. The van der Waals surface area contributed by atoms with E-state index in [4.69, 9.17) is 17.7 Å². The van der Waals surface area contributed by atoms with Crippen LogP contribution in [0.1, 0.15) is 20.3 Å². The summed E-state index contributed by atoms with van der Waals surface area (Å²) < 4.78 is 32.8. The van der Waals surface area contributed by atoms with E-state index >= 15 is 0 Å². The number of carbonyl (C=O) groups is 1. The van der Waals surface area contributed by atoms with Gasteiger partial charge in [-0.15, -0.1) is 0 Å². The van der Waals surface area contributed by atoms with Crippen molar-refractivity contribution in [1.82, 2.24) is 0 Å². The summed E-state index contributed by atoms with van der Waals surface area (Å²) in [7, 11) is 2.01. The van der Waals surface area contributed by atoms with Gasteiger partial charge in [0.1, 0.15) is 12.6 Å². The van der Waals surface area contributed by atoms with Crippen LogP contribution in [0.4, 0.5) is 0 Å². The number of hydrogen-bond acceptors (Lipinski definition) is 6. The molecule has 0 aromatic rings. The molecule has 7 nitrogen and oxygen atoms in total. The molecule has 0 heterocycles. The topological polar surface area (TPSA) is 104 Å². The van der Waals surface area contributed by atoms with Gasteiger partial charge in [0.2, 0.25) is 0 Å². The van der Waals surface area contributed by atoms with E-state index < -0.39 is 16.2 Å². The smallest absolute Gasteiger partial charge is 0.308 e. The molecule has 0 spiro atoms. The van der Waals surface area contributed by atoms with Crippen molar-refractivity contribution >= 4 is 16.1 Å². The van der Waals surface area contributed by atoms with Crippen molar-refractivity contribution in [3.05, 3.63) is 0 Å². The highest BCUT2D eigenvalue weighted by molar-refractivity contribution is 7.84. The minimum atomic E-state index is -3.92. The van der Waals surface area contributed by atoms with E-state index in [1.54, 1.807) is 0 Å². The van der Waals surface area contributed by atoms with E-state index in [1.165, 1.54) is 0 Å². The highest BCUT2D eigenvalue weighted by Gasteiger charge is 2.19. The molecule has 1 N–H and O–H groups in total. The second-order valence-electron chi connectivity index (χ2n) is 6.11. The second-order valence-corrected chi connectivity index (χ2v) is 7.52. The van der Waals surface area contributed by atoms with Gasteiger partial charge in [0, 0.05) is 6.26 Å². The molecule has 0 aliphatic carbocycles. The van der Waals surface area contributed by atoms with Crippen LogP contribution in [-0.4, -0.2) is 75.2 Å². The van der Waals surface area contributed by atoms with Crippen LogP contribution in [0.15, 0.2) is 0 Å². The van der Waals surface area contributed by atoms with Crippen molar-refractivity contribution in [2.45, 2.75) is 26.4 Å². The van der Waals surface area contributed by atoms with Crippen LogP contribution in [0.25, 0.3) is 0 Å². The molecule has 0 rings (SSSR count). The summed E-state index contributed by atoms with van der Waals surface area (Å²) in [5, 5.41) is 9.60. The molecule has 0 bridgehead atoms. The number of esters is 1. The summed E-state index contributed by atoms with van der Waals surface area (Å²) in [6, 6.07) is 0. The number of likely N-dealkylation sites (N-methyl/N-ethyl adjacent to an activating group) is 1. The first-order chi connectivity index (χ1) is 8.70. The monoisotopic (exact) mass is 313 g/mol. The largest absolute Gasteiger partial charge is 0.748 e.